The Kier molecular flexibility index (Phi) is 4.18. The fraction of sp³-hybridized carbons (Fsp3) is 1.00. The van der Waals surface area contributed by atoms with Gasteiger partial charge in [0, 0.05) is 18.7 Å². The SMILES string of the molecule is OCC1CCCN1C1CCOC2(CCSCC2)C1. The van der Waals surface area contributed by atoms with E-state index in [0.717, 1.165) is 13.0 Å². The van der Waals surface area contributed by atoms with Crippen LogP contribution in [0.5, 0.6) is 0 Å². The molecule has 3 aliphatic heterocycles. The molecule has 0 amide bonds. The molecule has 2 unspecified atom stereocenters. The van der Waals surface area contributed by atoms with Gasteiger partial charge >= 0.3 is 0 Å². The minimum Gasteiger partial charge on any atom is -0.395 e. The molecular formula is C14H25NO2S. The van der Waals surface area contributed by atoms with E-state index in [1.54, 1.807) is 0 Å². The van der Waals surface area contributed by atoms with Crippen LogP contribution < -0.4 is 0 Å². The standard InChI is InChI=1S/C14H25NO2S/c16-11-13-2-1-6-15(13)12-3-7-17-14(10-12)4-8-18-9-5-14/h12-13,16H,1-11H2. The molecule has 0 aromatic carbocycles. The van der Waals surface area contributed by atoms with Crippen LogP contribution in [0, 0.1) is 0 Å². The Morgan fingerprint density at radius 3 is 2.89 bits per heavy atom. The molecular weight excluding hydrogens is 246 g/mol. The fourth-order valence-electron chi connectivity index (χ4n) is 3.91. The zero-order valence-corrected chi connectivity index (χ0v) is 12.0. The van der Waals surface area contributed by atoms with Crippen LogP contribution in [0.2, 0.25) is 0 Å². The molecule has 0 saturated carbocycles. The first-order chi connectivity index (χ1) is 8.83. The monoisotopic (exact) mass is 271 g/mol. The summed E-state index contributed by atoms with van der Waals surface area (Å²) in [6.45, 7) is 2.44. The molecule has 104 valence electrons. The first-order valence-corrected chi connectivity index (χ1v) is 8.57. The topological polar surface area (TPSA) is 32.7 Å². The minimum atomic E-state index is 0.177. The van der Waals surface area contributed by atoms with E-state index in [2.05, 4.69) is 16.7 Å². The molecule has 2 atom stereocenters. The Bertz CT molecular complexity index is 275. The van der Waals surface area contributed by atoms with E-state index in [9.17, 15) is 5.11 Å². The number of ether oxygens (including phenoxy) is 1. The van der Waals surface area contributed by atoms with Crippen molar-refractivity contribution < 1.29 is 9.84 Å². The largest absolute Gasteiger partial charge is 0.395 e. The lowest BCUT2D eigenvalue weighted by Crippen LogP contribution is -2.52. The lowest BCUT2D eigenvalue weighted by atomic mass is 9.84. The molecule has 0 aromatic rings. The second-order valence-corrected chi connectivity index (χ2v) is 7.23. The summed E-state index contributed by atoms with van der Waals surface area (Å²) in [6, 6.07) is 1.07. The number of nitrogens with zero attached hydrogens (tertiary/aromatic N) is 1. The van der Waals surface area contributed by atoms with Crippen molar-refractivity contribution >= 4 is 11.8 Å². The normalized spacial score (nSPS) is 37.2. The van der Waals surface area contributed by atoms with Crippen LogP contribution in [-0.4, -0.2) is 59.0 Å². The van der Waals surface area contributed by atoms with Gasteiger partial charge < -0.3 is 9.84 Å². The van der Waals surface area contributed by atoms with Crippen molar-refractivity contribution in [3.8, 4) is 0 Å². The maximum Gasteiger partial charge on any atom is 0.0713 e. The smallest absolute Gasteiger partial charge is 0.0713 e. The Labute approximate surface area is 114 Å². The highest BCUT2D eigenvalue weighted by molar-refractivity contribution is 7.99. The van der Waals surface area contributed by atoms with Crippen molar-refractivity contribution in [2.75, 3.05) is 31.3 Å². The van der Waals surface area contributed by atoms with E-state index in [0.29, 0.717) is 18.7 Å². The van der Waals surface area contributed by atoms with Gasteiger partial charge in [-0.15, -0.1) is 0 Å². The summed E-state index contributed by atoms with van der Waals surface area (Å²) < 4.78 is 6.16. The number of likely N-dealkylation sites (tertiary alicyclic amines) is 1. The quantitative estimate of drug-likeness (QED) is 0.831. The van der Waals surface area contributed by atoms with E-state index >= 15 is 0 Å². The van der Waals surface area contributed by atoms with Crippen LogP contribution in [0.4, 0.5) is 0 Å². The second kappa shape index (κ2) is 5.70. The van der Waals surface area contributed by atoms with Gasteiger partial charge in [-0.1, -0.05) is 0 Å². The zero-order chi connectivity index (χ0) is 12.4. The Hall–Kier alpha value is 0.230. The van der Waals surface area contributed by atoms with Crippen LogP contribution in [0.15, 0.2) is 0 Å². The van der Waals surface area contributed by atoms with Crippen LogP contribution >= 0.6 is 11.8 Å². The maximum absolute atomic E-state index is 9.49. The highest BCUT2D eigenvalue weighted by atomic mass is 32.2. The number of hydrogen-bond acceptors (Lipinski definition) is 4. The summed E-state index contributed by atoms with van der Waals surface area (Å²) in [6.07, 6.45) is 7.25. The van der Waals surface area contributed by atoms with Crippen molar-refractivity contribution in [2.24, 2.45) is 0 Å². The Morgan fingerprint density at radius 1 is 1.28 bits per heavy atom. The fourth-order valence-corrected chi connectivity index (χ4v) is 5.15. The zero-order valence-electron chi connectivity index (χ0n) is 11.1. The number of aliphatic hydroxyl groups is 1. The minimum absolute atomic E-state index is 0.177. The molecule has 0 aliphatic carbocycles. The van der Waals surface area contributed by atoms with Crippen molar-refractivity contribution in [1.82, 2.24) is 4.90 Å². The molecule has 1 spiro atoms. The van der Waals surface area contributed by atoms with Gasteiger partial charge in [0.2, 0.25) is 0 Å². The lowest BCUT2D eigenvalue weighted by molar-refractivity contribution is -0.113. The Balaban J connectivity index is 1.66. The van der Waals surface area contributed by atoms with Crippen LogP contribution in [-0.2, 0) is 4.74 Å². The van der Waals surface area contributed by atoms with E-state index in [1.165, 1.54) is 50.2 Å². The summed E-state index contributed by atoms with van der Waals surface area (Å²) in [5.74, 6) is 2.52. The molecule has 18 heavy (non-hydrogen) atoms. The third-order valence-electron chi connectivity index (χ3n) is 4.97. The third-order valence-corrected chi connectivity index (χ3v) is 5.96. The summed E-state index contributed by atoms with van der Waals surface area (Å²) in [5.41, 5.74) is 0.177. The summed E-state index contributed by atoms with van der Waals surface area (Å²) in [4.78, 5) is 2.58. The number of hydrogen-bond donors (Lipinski definition) is 1. The van der Waals surface area contributed by atoms with Gasteiger partial charge in [0.05, 0.1) is 12.2 Å². The summed E-state index contributed by atoms with van der Waals surface area (Å²) >= 11 is 2.07. The predicted molar refractivity (Wildman–Crippen MR) is 75.1 cm³/mol. The predicted octanol–water partition coefficient (Wildman–Crippen LogP) is 1.89. The van der Waals surface area contributed by atoms with Gasteiger partial charge in [0.25, 0.3) is 0 Å². The van der Waals surface area contributed by atoms with Gasteiger partial charge in [0.15, 0.2) is 0 Å². The Morgan fingerprint density at radius 2 is 2.11 bits per heavy atom. The van der Waals surface area contributed by atoms with Gasteiger partial charge in [0.1, 0.15) is 0 Å². The molecule has 3 aliphatic rings. The molecule has 3 rings (SSSR count). The molecule has 3 nitrogen and oxygen atoms in total. The maximum atomic E-state index is 9.49. The average Bonchev–Trinajstić information content (AvgIpc) is 2.88. The summed E-state index contributed by atoms with van der Waals surface area (Å²) in [5, 5.41) is 9.49. The van der Waals surface area contributed by atoms with Crippen molar-refractivity contribution in [1.29, 1.82) is 0 Å². The van der Waals surface area contributed by atoms with E-state index in [4.69, 9.17) is 4.74 Å². The van der Waals surface area contributed by atoms with Gasteiger partial charge in [-0.05, 0) is 56.6 Å². The first-order valence-electron chi connectivity index (χ1n) is 7.41. The van der Waals surface area contributed by atoms with Crippen molar-refractivity contribution in [2.45, 2.75) is 56.2 Å². The van der Waals surface area contributed by atoms with E-state index in [-0.39, 0.29) is 5.60 Å². The number of aliphatic hydroxyl groups excluding tert-OH is 1. The third kappa shape index (κ3) is 2.58. The second-order valence-electron chi connectivity index (χ2n) is 6.01. The highest BCUT2D eigenvalue weighted by Gasteiger charge is 2.42. The van der Waals surface area contributed by atoms with E-state index in [1.807, 2.05) is 0 Å². The first kappa shape index (κ1) is 13.2. The highest BCUT2D eigenvalue weighted by Crippen LogP contribution is 2.40. The molecule has 3 heterocycles. The molecule has 3 fully saturated rings. The van der Waals surface area contributed by atoms with E-state index < -0.39 is 0 Å². The van der Waals surface area contributed by atoms with Gasteiger partial charge in [-0.2, -0.15) is 11.8 Å². The van der Waals surface area contributed by atoms with Crippen molar-refractivity contribution in [3.63, 3.8) is 0 Å². The lowest BCUT2D eigenvalue weighted by Gasteiger charge is -2.46. The molecule has 3 saturated heterocycles. The summed E-state index contributed by atoms with van der Waals surface area (Å²) in [7, 11) is 0. The number of thioether (sulfide) groups is 1. The van der Waals surface area contributed by atoms with Crippen LogP contribution in [0.3, 0.4) is 0 Å². The van der Waals surface area contributed by atoms with Crippen molar-refractivity contribution in [3.05, 3.63) is 0 Å². The average molecular weight is 271 g/mol. The molecule has 0 radical (unpaired) electrons. The van der Waals surface area contributed by atoms with Crippen LogP contribution in [0.25, 0.3) is 0 Å². The van der Waals surface area contributed by atoms with Gasteiger partial charge in [-0.3, -0.25) is 4.90 Å². The molecule has 0 aromatic heterocycles. The number of rotatable bonds is 2. The van der Waals surface area contributed by atoms with Gasteiger partial charge in [-0.25, -0.2) is 0 Å². The molecule has 4 heteroatoms. The van der Waals surface area contributed by atoms with Crippen LogP contribution in [0.1, 0.15) is 38.5 Å². The molecule has 0 bridgehead atoms. The molecule has 1 N–H and O–H groups in total.